The topological polar surface area (TPSA) is 63.0 Å². The van der Waals surface area contributed by atoms with Gasteiger partial charge in [-0.25, -0.2) is 10.8 Å². The Labute approximate surface area is 115 Å². The molecule has 1 aromatic rings. The lowest BCUT2D eigenvalue weighted by Gasteiger charge is -2.19. The molecule has 0 spiro atoms. The number of anilines is 2. The highest BCUT2D eigenvalue weighted by Crippen LogP contribution is 2.35. The zero-order valence-electron chi connectivity index (χ0n) is 11.3. The molecule has 1 atom stereocenters. The molecular weight excluding hydrogens is 269 g/mol. The molecule has 1 aliphatic carbocycles. The number of pyridine rings is 1. The van der Waals surface area contributed by atoms with Crippen LogP contribution in [-0.2, 0) is 6.18 Å². The summed E-state index contributed by atoms with van der Waals surface area (Å²) in [6.45, 7) is 2.01. The van der Waals surface area contributed by atoms with Crippen LogP contribution in [0.3, 0.4) is 0 Å². The third kappa shape index (κ3) is 4.00. The lowest BCUT2D eigenvalue weighted by Crippen LogP contribution is -2.21. The normalized spacial score (nSPS) is 16.9. The van der Waals surface area contributed by atoms with E-state index in [-0.39, 0.29) is 17.7 Å². The molecule has 1 aromatic heterocycles. The molecule has 0 saturated heterocycles. The monoisotopic (exact) mass is 288 g/mol. The van der Waals surface area contributed by atoms with Crippen LogP contribution < -0.4 is 16.6 Å². The predicted octanol–water partition coefficient (Wildman–Crippen LogP) is 3.38. The molecule has 1 fully saturated rings. The Morgan fingerprint density at radius 3 is 2.50 bits per heavy atom. The highest BCUT2D eigenvalue weighted by Gasteiger charge is 2.32. The Morgan fingerprint density at radius 2 is 2.00 bits per heavy atom. The second kappa shape index (κ2) is 5.87. The predicted molar refractivity (Wildman–Crippen MR) is 72.1 cm³/mol. The van der Waals surface area contributed by atoms with Crippen LogP contribution in [0.5, 0.6) is 0 Å². The number of alkyl halides is 3. The Morgan fingerprint density at radius 1 is 1.35 bits per heavy atom. The first-order valence-corrected chi connectivity index (χ1v) is 6.74. The fourth-order valence-electron chi connectivity index (χ4n) is 2.13. The Balaban J connectivity index is 2.16. The van der Waals surface area contributed by atoms with Crippen molar-refractivity contribution < 1.29 is 13.2 Å². The number of aromatic nitrogens is 1. The number of nitrogens with zero attached hydrogens (tertiary/aromatic N) is 1. The molecule has 4 N–H and O–H groups in total. The van der Waals surface area contributed by atoms with Crippen LogP contribution >= 0.6 is 0 Å². The van der Waals surface area contributed by atoms with Crippen LogP contribution in [0.25, 0.3) is 0 Å². The first-order chi connectivity index (χ1) is 9.42. The van der Waals surface area contributed by atoms with Crippen molar-refractivity contribution in [2.24, 2.45) is 11.8 Å². The van der Waals surface area contributed by atoms with E-state index in [0.29, 0.717) is 5.92 Å². The maximum Gasteiger partial charge on any atom is 0.416 e. The average molecular weight is 288 g/mol. The zero-order valence-corrected chi connectivity index (χ0v) is 11.3. The smallest absolute Gasteiger partial charge is 0.367 e. The number of nitrogens with one attached hydrogen (secondary N) is 2. The first kappa shape index (κ1) is 14.9. The van der Waals surface area contributed by atoms with E-state index in [4.69, 9.17) is 5.84 Å². The highest BCUT2D eigenvalue weighted by molar-refractivity contribution is 5.49. The van der Waals surface area contributed by atoms with E-state index in [2.05, 4.69) is 15.7 Å². The standard InChI is InChI=1S/C13H19F3N4/c1-2-10(5-8-3-4-8)18-11-6-9(13(14,15)16)7-12(19-11)20-17/h6-8,10H,2-5,17H2,1H3,(H2,18,19,20). The minimum Gasteiger partial charge on any atom is -0.367 e. The Kier molecular flexibility index (Phi) is 4.37. The third-order valence-electron chi connectivity index (χ3n) is 3.46. The van der Waals surface area contributed by atoms with E-state index in [0.717, 1.165) is 25.0 Å². The van der Waals surface area contributed by atoms with Gasteiger partial charge in [0.25, 0.3) is 0 Å². The van der Waals surface area contributed by atoms with Crippen LogP contribution in [0.4, 0.5) is 24.8 Å². The van der Waals surface area contributed by atoms with E-state index in [1.807, 2.05) is 6.92 Å². The molecule has 0 radical (unpaired) electrons. The molecule has 112 valence electrons. The Bertz CT molecular complexity index is 457. The summed E-state index contributed by atoms with van der Waals surface area (Å²) in [6.07, 6.45) is -0.170. The van der Waals surface area contributed by atoms with Crippen LogP contribution in [0.15, 0.2) is 12.1 Å². The summed E-state index contributed by atoms with van der Waals surface area (Å²) in [5, 5.41) is 3.08. The second-order valence-electron chi connectivity index (χ2n) is 5.20. The number of hydrogen-bond donors (Lipinski definition) is 3. The maximum atomic E-state index is 12.8. The van der Waals surface area contributed by atoms with Crippen molar-refractivity contribution in [3.63, 3.8) is 0 Å². The number of halogens is 3. The van der Waals surface area contributed by atoms with Crippen LogP contribution in [0.2, 0.25) is 0 Å². The molecule has 20 heavy (non-hydrogen) atoms. The number of nitrogen functional groups attached to an aromatic ring is 1. The number of hydrazine groups is 1. The molecular formula is C13H19F3N4. The van der Waals surface area contributed by atoms with Crippen molar-refractivity contribution in [3.8, 4) is 0 Å². The van der Waals surface area contributed by atoms with Gasteiger partial charge in [0.05, 0.1) is 5.56 Å². The van der Waals surface area contributed by atoms with E-state index >= 15 is 0 Å². The molecule has 7 heteroatoms. The third-order valence-corrected chi connectivity index (χ3v) is 3.46. The summed E-state index contributed by atoms with van der Waals surface area (Å²) in [6, 6.07) is 2.06. The lowest BCUT2D eigenvalue weighted by molar-refractivity contribution is -0.137. The molecule has 0 aromatic carbocycles. The molecule has 4 nitrogen and oxygen atoms in total. The summed E-state index contributed by atoms with van der Waals surface area (Å²) in [5.74, 6) is 6.09. The molecule has 2 rings (SSSR count). The van der Waals surface area contributed by atoms with Gasteiger partial charge in [-0.15, -0.1) is 0 Å². The number of rotatable bonds is 6. The van der Waals surface area contributed by atoms with Gasteiger partial charge in [-0.1, -0.05) is 19.8 Å². The van der Waals surface area contributed by atoms with Crippen LogP contribution in [-0.4, -0.2) is 11.0 Å². The van der Waals surface area contributed by atoms with Gasteiger partial charge >= 0.3 is 6.18 Å². The van der Waals surface area contributed by atoms with Gasteiger partial charge in [-0.05, 0) is 30.9 Å². The molecule has 0 amide bonds. The van der Waals surface area contributed by atoms with Crippen LogP contribution in [0.1, 0.15) is 38.2 Å². The number of hydrogen-bond acceptors (Lipinski definition) is 4. The van der Waals surface area contributed by atoms with Crippen molar-refractivity contribution in [2.45, 2.75) is 44.8 Å². The first-order valence-electron chi connectivity index (χ1n) is 6.74. The molecule has 1 saturated carbocycles. The van der Waals surface area contributed by atoms with E-state index < -0.39 is 11.7 Å². The number of nitrogens with two attached hydrogens (primary N) is 1. The van der Waals surface area contributed by atoms with E-state index in [1.54, 1.807) is 0 Å². The minimum absolute atomic E-state index is 0.00333. The summed E-state index contributed by atoms with van der Waals surface area (Å²) in [4.78, 5) is 4.03. The largest absolute Gasteiger partial charge is 0.416 e. The molecule has 0 bridgehead atoms. The average Bonchev–Trinajstić information content (AvgIpc) is 3.20. The fraction of sp³-hybridized carbons (Fsp3) is 0.615. The quantitative estimate of drug-likeness (QED) is 0.554. The molecule has 1 unspecified atom stereocenters. The van der Waals surface area contributed by atoms with Crippen molar-refractivity contribution in [3.05, 3.63) is 17.7 Å². The van der Waals surface area contributed by atoms with Crippen molar-refractivity contribution in [2.75, 3.05) is 10.7 Å². The van der Waals surface area contributed by atoms with Gasteiger partial charge in [0.15, 0.2) is 0 Å². The Hall–Kier alpha value is -1.50. The highest BCUT2D eigenvalue weighted by atomic mass is 19.4. The summed E-state index contributed by atoms with van der Waals surface area (Å²) in [7, 11) is 0. The summed E-state index contributed by atoms with van der Waals surface area (Å²) in [5.41, 5.74) is 1.41. The SMILES string of the molecule is CCC(CC1CC1)Nc1cc(C(F)(F)F)cc(NN)n1. The molecule has 0 aliphatic heterocycles. The molecule has 1 heterocycles. The summed E-state index contributed by atoms with van der Waals surface area (Å²) >= 11 is 0. The van der Waals surface area contributed by atoms with Crippen molar-refractivity contribution in [1.29, 1.82) is 0 Å². The maximum absolute atomic E-state index is 12.8. The lowest BCUT2D eigenvalue weighted by atomic mass is 10.1. The van der Waals surface area contributed by atoms with Crippen molar-refractivity contribution >= 4 is 11.6 Å². The molecule has 1 aliphatic rings. The fourth-order valence-corrected chi connectivity index (χ4v) is 2.13. The van der Waals surface area contributed by atoms with Gasteiger partial charge in [0.2, 0.25) is 0 Å². The summed E-state index contributed by atoms with van der Waals surface area (Å²) < 4.78 is 38.4. The van der Waals surface area contributed by atoms with Gasteiger partial charge in [-0.2, -0.15) is 13.2 Å². The van der Waals surface area contributed by atoms with E-state index in [1.165, 1.54) is 12.8 Å². The van der Waals surface area contributed by atoms with Crippen molar-refractivity contribution in [1.82, 2.24) is 4.98 Å². The van der Waals surface area contributed by atoms with Gasteiger partial charge in [-0.3, -0.25) is 0 Å². The van der Waals surface area contributed by atoms with Crippen LogP contribution in [0, 0.1) is 5.92 Å². The van der Waals surface area contributed by atoms with Gasteiger partial charge < -0.3 is 10.7 Å². The van der Waals surface area contributed by atoms with Gasteiger partial charge in [0, 0.05) is 6.04 Å². The van der Waals surface area contributed by atoms with E-state index in [9.17, 15) is 13.2 Å². The second-order valence-corrected chi connectivity index (χ2v) is 5.20. The minimum atomic E-state index is -4.41. The van der Waals surface area contributed by atoms with Gasteiger partial charge in [0.1, 0.15) is 11.6 Å². The zero-order chi connectivity index (χ0) is 14.8.